The number of aromatic nitrogens is 3. The molecule has 0 aliphatic carbocycles. The fourth-order valence-corrected chi connectivity index (χ4v) is 1.60. The summed E-state index contributed by atoms with van der Waals surface area (Å²) in [5.74, 6) is 1.02. The Morgan fingerprint density at radius 3 is 2.27 bits per heavy atom. The number of nitrogen functional groups attached to an aromatic ring is 2. The standard InChI is InChI=1S/C8H15N7/c9-7-12-6(13-8(10)14-7)5-15-3-1-11-2-4-15/h11H,1-5H2,(H4,9,10,12,13,14). The molecule has 1 aromatic heterocycles. The van der Waals surface area contributed by atoms with Gasteiger partial charge in [-0.15, -0.1) is 0 Å². The minimum Gasteiger partial charge on any atom is -0.368 e. The third-order valence-corrected chi connectivity index (χ3v) is 2.29. The molecule has 0 atom stereocenters. The highest BCUT2D eigenvalue weighted by Gasteiger charge is 2.12. The van der Waals surface area contributed by atoms with Gasteiger partial charge < -0.3 is 16.8 Å². The van der Waals surface area contributed by atoms with Crippen molar-refractivity contribution in [1.82, 2.24) is 25.2 Å². The molecule has 82 valence electrons. The average molecular weight is 209 g/mol. The third kappa shape index (κ3) is 2.74. The molecule has 15 heavy (non-hydrogen) atoms. The molecule has 2 rings (SSSR count). The van der Waals surface area contributed by atoms with E-state index in [1.807, 2.05) is 0 Å². The van der Waals surface area contributed by atoms with Crippen LogP contribution in [0.2, 0.25) is 0 Å². The van der Waals surface area contributed by atoms with Gasteiger partial charge in [0.1, 0.15) is 5.82 Å². The van der Waals surface area contributed by atoms with Gasteiger partial charge in [-0.25, -0.2) is 0 Å². The molecular formula is C8H15N7. The van der Waals surface area contributed by atoms with Gasteiger partial charge in [-0.2, -0.15) is 15.0 Å². The molecule has 1 aliphatic heterocycles. The normalized spacial score (nSPS) is 17.9. The van der Waals surface area contributed by atoms with Crippen LogP contribution in [-0.4, -0.2) is 46.0 Å². The summed E-state index contributed by atoms with van der Waals surface area (Å²) in [6.07, 6.45) is 0. The van der Waals surface area contributed by atoms with Crippen molar-refractivity contribution in [2.24, 2.45) is 0 Å². The fraction of sp³-hybridized carbons (Fsp3) is 0.625. The molecule has 7 heteroatoms. The number of piperazine rings is 1. The van der Waals surface area contributed by atoms with Crippen LogP contribution in [0, 0.1) is 0 Å². The van der Waals surface area contributed by atoms with Crippen molar-refractivity contribution in [1.29, 1.82) is 0 Å². The number of anilines is 2. The van der Waals surface area contributed by atoms with E-state index >= 15 is 0 Å². The van der Waals surface area contributed by atoms with Crippen LogP contribution in [-0.2, 0) is 6.54 Å². The lowest BCUT2D eigenvalue weighted by molar-refractivity contribution is 0.228. The summed E-state index contributed by atoms with van der Waals surface area (Å²) in [4.78, 5) is 14.1. The number of nitrogens with one attached hydrogen (secondary N) is 1. The second-order valence-electron chi connectivity index (χ2n) is 3.49. The van der Waals surface area contributed by atoms with Gasteiger partial charge in [0.25, 0.3) is 0 Å². The zero-order valence-electron chi connectivity index (χ0n) is 8.48. The zero-order valence-corrected chi connectivity index (χ0v) is 8.48. The first-order chi connectivity index (χ1) is 7.24. The maximum Gasteiger partial charge on any atom is 0.225 e. The van der Waals surface area contributed by atoms with Gasteiger partial charge in [0.2, 0.25) is 11.9 Å². The molecule has 2 heterocycles. The van der Waals surface area contributed by atoms with Crippen LogP contribution in [0.3, 0.4) is 0 Å². The molecule has 0 saturated carbocycles. The highest BCUT2D eigenvalue weighted by Crippen LogP contribution is 2.03. The summed E-state index contributed by atoms with van der Waals surface area (Å²) in [5, 5.41) is 3.28. The van der Waals surface area contributed by atoms with Gasteiger partial charge in [-0.1, -0.05) is 0 Å². The summed E-state index contributed by atoms with van der Waals surface area (Å²) < 4.78 is 0. The van der Waals surface area contributed by atoms with Crippen molar-refractivity contribution in [3.63, 3.8) is 0 Å². The average Bonchev–Trinajstić information content (AvgIpc) is 2.17. The molecule has 0 amide bonds. The number of nitrogens with two attached hydrogens (primary N) is 2. The maximum atomic E-state index is 5.49. The fourth-order valence-electron chi connectivity index (χ4n) is 1.60. The summed E-state index contributed by atoms with van der Waals surface area (Å²) in [6, 6.07) is 0. The first kappa shape index (κ1) is 10.1. The molecular weight excluding hydrogens is 194 g/mol. The number of nitrogens with zero attached hydrogens (tertiary/aromatic N) is 4. The lowest BCUT2D eigenvalue weighted by Crippen LogP contribution is -2.43. The summed E-state index contributed by atoms with van der Waals surface area (Å²) in [6.45, 7) is 4.65. The quantitative estimate of drug-likeness (QED) is 0.541. The van der Waals surface area contributed by atoms with Crippen LogP contribution in [0.25, 0.3) is 0 Å². The van der Waals surface area contributed by atoms with Crippen molar-refractivity contribution < 1.29 is 0 Å². The Labute approximate surface area is 87.9 Å². The van der Waals surface area contributed by atoms with Crippen molar-refractivity contribution in [2.45, 2.75) is 6.54 Å². The first-order valence-corrected chi connectivity index (χ1v) is 4.93. The minimum absolute atomic E-state index is 0.188. The molecule has 0 unspecified atom stereocenters. The Bertz CT molecular complexity index is 314. The Morgan fingerprint density at radius 1 is 1.07 bits per heavy atom. The molecule has 1 saturated heterocycles. The van der Waals surface area contributed by atoms with Gasteiger partial charge in [-0.05, 0) is 0 Å². The number of hydrogen-bond donors (Lipinski definition) is 3. The Hall–Kier alpha value is -1.47. The van der Waals surface area contributed by atoms with Gasteiger partial charge in [-0.3, -0.25) is 4.90 Å². The van der Waals surface area contributed by atoms with Gasteiger partial charge in [0.15, 0.2) is 0 Å². The van der Waals surface area contributed by atoms with E-state index in [9.17, 15) is 0 Å². The van der Waals surface area contributed by atoms with Crippen LogP contribution in [0.4, 0.5) is 11.9 Å². The monoisotopic (exact) mass is 209 g/mol. The van der Waals surface area contributed by atoms with Crippen LogP contribution < -0.4 is 16.8 Å². The predicted molar refractivity (Wildman–Crippen MR) is 56.8 cm³/mol. The third-order valence-electron chi connectivity index (χ3n) is 2.29. The highest BCUT2D eigenvalue weighted by molar-refractivity contribution is 5.25. The number of hydrogen-bond acceptors (Lipinski definition) is 7. The minimum atomic E-state index is 0.188. The summed E-state index contributed by atoms with van der Waals surface area (Å²) in [7, 11) is 0. The molecule has 0 bridgehead atoms. The van der Waals surface area contributed by atoms with E-state index in [0.29, 0.717) is 12.4 Å². The van der Waals surface area contributed by atoms with E-state index in [0.717, 1.165) is 26.2 Å². The van der Waals surface area contributed by atoms with Crippen molar-refractivity contribution in [3.8, 4) is 0 Å². The van der Waals surface area contributed by atoms with Crippen molar-refractivity contribution in [3.05, 3.63) is 5.82 Å². The van der Waals surface area contributed by atoms with E-state index in [1.54, 1.807) is 0 Å². The largest absolute Gasteiger partial charge is 0.368 e. The molecule has 7 nitrogen and oxygen atoms in total. The van der Waals surface area contributed by atoms with Crippen LogP contribution in [0.15, 0.2) is 0 Å². The lowest BCUT2D eigenvalue weighted by atomic mass is 10.3. The van der Waals surface area contributed by atoms with Gasteiger partial charge in [0, 0.05) is 26.2 Å². The van der Waals surface area contributed by atoms with Crippen LogP contribution >= 0.6 is 0 Å². The molecule has 1 aliphatic rings. The smallest absolute Gasteiger partial charge is 0.225 e. The van der Waals surface area contributed by atoms with E-state index in [2.05, 4.69) is 25.2 Å². The van der Waals surface area contributed by atoms with Crippen molar-refractivity contribution >= 4 is 11.9 Å². The first-order valence-electron chi connectivity index (χ1n) is 4.93. The SMILES string of the molecule is Nc1nc(N)nc(CN2CCNCC2)n1. The Morgan fingerprint density at radius 2 is 1.67 bits per heavy atom. The summed E-state index contributed by atoms with van der Waals surface area (Å²) in [5.41, 5.74) is 11.0. The van der Waals surface area contributed by atoms with E-state index < -0.39 is 0 Å². The molecule has 0 spiro atoms. The predicted octanol–water partition coefficient (Wildman–Crippen LogP) is -1.56. The van der Waals surface area contributed by atoms with E-state index in [4.69, 9.17) is 11.5 Å². The molecule has 1 aromatic rings. The lowest BCUT2D eigenvalue weighted by Gasteiger charge is -2.26. The molecule has 0 radical (unpaired) electrons. The van der Waals surface area contributed by atoms with Gasteiger partial charge in [0.05, 0.1) is 6.54 Å². The highest BCUT2D eigenvalue weighted by atomic mass is 15.2. The summed E-state index contributed by atoms with van der Waals surface area (Å²) >= 11 is 0. The van der Waals surface area contributed by atoms with E-state index in [-0.39, 0.29) is 11.9 Å². The van der Waals surface area contributed by atoms with Crippen molar-refractivity contribution in [2.75, 3.05) is 37.6 Å². The number of rotatable bonds is 2. The second kappa shape index (κ2) is 4.37. The zero-order chi connectivity index (χ0) is 10.7. The van der Waals surface area contributed by atoms with E-state index in [1.165, 1.54) is 0 Å². The second-order valence-corrected chi connectivity index (χ2v) is 3.49. The Kier molecular flexibility index (Phi) is 2.93. The topological polar surface area (TPSA) is 106 Å². The Balaban J connectivity index is 2.02. The van der Waals surface area contributed by atoms with Crippen LogP contribution in [0.5, 0.6) is 0 Å². The molecule has 0 aromatic carbocycles. The molecule has 5 N–H and O–H groups in total. The van der Waals surface area contributed by atoms with Gasteiger partial charge >= 0.3 is 0 Å². The maximum absolute atomic E-state index is 5.49. The van der Waals surface area contributed by atoms with Crippen LogP contribution in [0.1, 0.15) is 5.82 Å². The molecule has 1 fully saturated rings.